The number of anilines is 1. The van der Waals surface area contributed by atoms with Crippen LogP contribution in [0.5, 0.6) is 0 Å². The van der Waals surface area contributed by atoms with E-state index in [9.17, 15) is 9.18 Å². The number of aromatic nitrogens is 4. The van der Waals surface area contributed by atoms with Gasteiger partial charge in [0.1, 0.15) is 5.82 Å². The number of amides is 1. The molecule has 4 aromatic rings. The predicted octanol–water partition coefficient (Wildman–Crippen LogP) is 4.28. The second-order valence-corrected chi connectivity index (χ2v) is 7.58. The van der Waals surface area contributed by atoms with Crippen LogP contribution in [0.2, 0.25) is 0 Å². The van der Waals surface area contributed by atoms with Gasteiger partial charge in [0, 0.05) is 11.3 Å². The minimum Gasteiger partial charge on any atom is -0.325 e. The van der Waals surface area contributed by atoms with Crippen molar-refractivity contribution in [3.63, 3.8) is 0 Å². The largest absolute Gasteiger partial charge is 0.325 e. The summed E-state index contributed by atoms with van der Waals surface area (Å²) < 4.78 is 15.3. The highest BCUT2D eigenvalue weighted by atomic mass is 32.2. The summed E-state index contributed by atoms with van der Waals surface area (Å²) in [5, 5.41) is 16.0. The molecule has 0 atom stereocenters. The van der Waals surface area contributed by atoms with Gasteiger partial charge in [0.15, 0.2) is 5.65 Å². The Morgan fingerprint density at radius 2 is 1.86 bits per heavy atom. The van der Waals surface area contributed by atoms with E-state index >= 15 is 0 Å². The zero-order valence-corrected chi connectivity index (χ0v) is 16.7. The Morgan fingerprint density at radius 3 is 2.62 bits per heavy atom. The Hall–Kier alpha value is -3.26. The number of rotatable bonds is 5. The topological polar surface area (TPSA) is 72.2 Å². The molecule has 0 aliphatic carbocycles. The zero-order chi connectivity index (χ0) is 20.4. The lowest BCUT2D eigenvalue weighted by Gasteiger charge is -2.06. The lowest BCUT2D eigenvalue weighted by Crippen LogP contribution is -2.14. The summed E-state index contributed by atoms with van der Waals surface area (Å²) in [6, 6.07) is 16.4. The lowest BCUT2D eigenvalue weighted by molar-refractivity contribution is -0.113. The van der Waals surface area contributed by atoms with Gasteiger partial charge in [-0.25, -0.2) is 4.39 Å². The Kier molecular flexibility index (Phi) is 5.26. The molecular formula is C21H18FN5OS. The molecule has 146 valence electrons. The zero-order valence-electron chi connectivity index (χ0n) is 15.9. The number of carbonyl (C=O) groups is 1. The number of benzene rings is 2. The maximum atomic E-state index is 13.6. The maximum Gasteiger partial charge on any atom is 0.234 e. The maximum absolute atomic E-state index is 13.6. The van der Waals surface area contributed by atoms with E-state index in [1.54, 1.807) is 23.6 Å². The summed E-state index contributed by atoms with van der Waals surface area (Å²) in [6.45, 7) is 3.70. The fourth-order valence-corrected chi connectivity index (χ4v) is 3.42. The Labute approximate surface area is 171 Å². The number of carbonyl (C=O) groups excluding carboxylic acids is 1. The van der Waals surface area contributed by atoms with E-state index in [1.807, 2.05) is 43.3 Å². The number of hydrogen-bond donors (Lipinski definition) is 1. The first-order chi connectivity index (χ1) is 14.0. The van der Waals surface area contributed by atoms with Gasteiger partial charge in [0.05, 0.1) is 11.4 Å². The van der Waals surface area contributed by atoms with Gasteiger partial charge in [-0.1, -0.05) is 47.7 Å². The Balaban J connectivity index is 1.48. The van der Waals surface area contributed by atoms with Gasteiger partial charge in [-0.05, 0) is 43.7 Å². The number of nitrogens with zero attached hydrogens (tertiary/aromatic N) is 4. The van der Waals surface area contributed by atoms with Gasteiger partial charge in [-0.2, -0.15) is 9.61 Å². The van der Waals surface area contributed by atoms with E-state index in [2.05, 4.69) is 20.6 Å². The van der Waals surface area contributed by atoms with Crippen molar-refractivity contribution in [3.8, 4) is 11.3 Å². The van der Waals surface area contributed by atoms with E-state index in [4.69, 9.17) is 0 Å². The van der Waals surface area contributed by atoms with E-state index in [0.29, 0.717) is 22.1 Å². The number of fused-ring (bicyclic) bond motifs is 1. The number of halogens is 1. The lowest BCUT2D eigenvalue weighted by atomic mass is 10.1. The van der Waals surface area contributed by atoms with Crippen molar-refractivity contribution < 1.29 is 9.18 Å². The molecule has 4 rings (SSSR count). The van der Waals surface area contributed by atoms with E-state index in [0.717, 1.165) is 11.3 Å². The SMILES string of the molecule is Cc1ccc(-c2ccc3nnc(SCC(=O)Nc4ccc(C)c(F)c4)n3n2)cc1. The van der Waals surface area contributed by atoms with Crippen LogP contribution in [-0.2, 0) is 4.79 Å². The smallest absolute Gasteiger partial charge is 0.234 e. The van der Waals surface area contributed by atoms with Crippen molar-refractivity contribution in [1.29, 1.82) is 0 Å². The summed E-state index contributed by atoms with van der Waals surface area (Å²) in [7, 11) is 0. The highest BCUT2D eigenvalue weighted by Gasteiger charge is 2.12. The highest BCUT2D eigenvalue weighted by Crippen LogP contribution is 2.21. The van der Waals surface area contributed by atoms with Crippen LogP contribution in [0.4, 0.5) is 10.1 Å². The number of hydrogen-bond acceptors (Lipinski definition) is 5. The van der Waals surface area contributed by atoms with Crippen LogP contribution in [0, 0.1) is 19.7 Å². The average Bonchev–Trinajstić information content (AvgIpc) is 3.12. The quantitative estimate of drug-likeness (QED) is 0.500. The van der Waals surface area contributed by atoms with E-state index < -0.39 is 0 Å². The third-order valence-electron chi connectivity index (χ3n) is 4.37. The second-order valence-electron chi connectivity index (χ2n) is 6.64. The van der Waals surface area contributed by atoms with Gasteiger partial charge in [-0.15, -0.1) is 10.2 Å². The van der Waals surface area contributed by atoms with Crippen LogP contribution in [0.1, 0.15) is 11.1 Å². The molecule has 2 aromatic heterocycles. The molecule has 6 nitrogen and oxygen atoms in total. The molecule has 29 heavy (non-hydrogen) atoms. The van der Waals surface area contributed by atoms with Crippen LogP contribution in [0.15, 0.2) is 59.8 Å². The molecular weight excluding hydrogens is 389 g/mol. The summed E-state index contributed by atoms with van der Waals surface area (Å²) in [5.74, 6) is -0.511. The van der Waals surface area contributed by atoms with Crippen molar-refractivity contribution in [3.05, 3.63) is 71.5 Å². The summed E-state index contributed by atoms with van der Waals surface area (Å²) >= 11 is 1.22. The Bertz CT molecular complexity index is 1190. The van der Waals surface area contributed by atoms with Crippen LogP contribution in [-0.4, -0.2) is 31.5 Å². The summed E-state index contributed by atoms with van der Waals surface area (Å²) in [5.41, 5.74) is 4.51. The van der Waals surface area contributed by atoms with Gasteiger partial charge in [0.25, 0.3) is 0 Å². The fraction of sp³-hybridized carbons (Fsp3) is 0.143. The van der Waals surface area contributed by atoms with Crippen LogP contribution in [0.3, 0.4) is 0 Å². The van der Waals surface area contributed by atoms with Crippen molar-refractivity contribution in [2.45, 2.75) is 19.0 Å². The van der Waals surface area contributed by atoms with Gasteiger partial charge in [-0.3, -0.25) is 4.79 Å². The molecule has 0 spiro atoms. The summed E-state index contributed by atoms with van der Waals surface area (Å²) in [4.78, 5) is 12.2. The molecule has 0 aliphatic heterocycles. The van der Waals surface area contributed by atoms with Crippen molar-refractivity contribution in [2.75, 3.05) is 11.1 Å². The molecule has 0 unspecified atom stereocenters. The number of thioether (sulfide) groups is 1. The molecule has 8 heteroatoms. The third kappa shape index (κ3) is 4.27. The summed E-state index contributed by atoms with van der Waals surface area (Å²) in [6.07, 6.45) is 0. The third-order valence-corrected chi connectivity index (χ3v) is 5.29. The first kappa shape index (κ1) is 19.1. The molecule has 2 aromatic carbocycles. The molecule has 0 bridgehead atoms. The van der Waals surface area contributed by atoms with Gasteiger partial charge >= 0.3 is 0 Å². The normalized spacial score (nSPS) is 11.0. The Morgan fingerprint density at radius 1 is 1.07 bits per heavy atom. The van der Waals surface area contributed by atoms with Crippen LogP contribution >= 0.6 is 11.8 Å². The van der Waals surface area contributed by atoms with Gasteiger partial charge in [0.2, 0.25) is 11.1 Å². The van der Waals surface area contributed by atoms with Crippen molar-refractivity contribution >= 4 is 29.0 Å². The van der Waals surface area contributed by atoms with Gasteiger partial charge < -0.3 is 5.32 Å². The van der Waals surface area contributed by atoms with E-state index in [-0.39, 0.29) is 17.5 Å². The second kappa shape index (κ2) is 8.00. The van der Waals surface area contributed by atoms with Crippen molar-refractivity contribution in [2.24, 2.45) is 0 Å². The van der Waals surface area contributed by atoms with Crippen molar-refractivity contribution in [1.82, 2.24) is 19.8 Å². The number of nitrogens with one attached hydrogen (secondary N) is 1. The van der Waals surface area contributed by atoms with Crippen LogP contribution < -0.4 is 5.32 Å². The van der Waals surface area contributed by atoms with Crippen LogP contribution in [0.25, 0.3) is 16.9 Å². The molecule has 0 fully saturated rings. The fourth-order valence-electron chi connectivity index (χ4n) is 2.74. The molecule has 0 saturated carbocycles. The predicted molar refractivity (Wildman–Crippen MR) is 111 cm³/mol. The first-order valence-electron chi connectivity index (χ1n) is 8.98. The molecule has 1 N–H and O–H groups in total. The minimum atomic E-state index is -0.355. The minimum absolute atomic E-state index is 0.104. The molecule has 0 radical (unpaired) electrons. The monoisotopic (exact) mass is 407 g/mol. The highest BCUT2D eigenvalue weighted by molar-refractivity contribution is 7.99. The molecule has 0 aliphatic rings. The van der Waals surface area contributed by atoms with E-state index in [1.165, 1.54) is 23.4 Å². The molecule has 2 heterocycles. The standard InChI is InChI=1S/C21H18FN5OS/c1-13-3-6-15(7-4-13)18-9-10-19-24-25-21(27(19)26-18)29-12-20(28)23-16-8-5-14(2)17(22)11-16/h3-11H,12H2,1-2H3,(H,23,28). The molecule has 0 saturated heterocycles. The average molecular weight is 407 g/mol. The first-order valence-corrected chi connectivity index (χ1v) is 9.96. The number of aryl methyl sites for hydroxylation is 2. The molecule has 1 amide bonds.